The van der Waals surface area contributed by atoms with E-state index in [1.807, 2.05) is 41.2 Å². The van der Waals surface area contributed by atoms with E-state index in [1.165, 1.54) is 0 Å². The Balaban J connectivity index is 1.99. The van der Waals surface area contributed by atoms with Gasteiger partial charge in [0.15, 0.2) is 0 Å². The van der Waals surface area contributed by atoms with Crippen LogP contribution in [0.25, 0.3) is 5.69 Å². The molecular formula is C15H21N3O. The number of nitrogens with zero attached hydrogens (tertiary/aromatic N) is 2. The average Bonchev–Trinajstić information content (AvgIpc) is 2.87. The standard InChI is InChI=1S/C15H21N3O/c1-12(2)10-16-11-13-8-9-18(17-13)14-4-6-15(19-3)7-5-14/h4-9,12,16H,10-11H2,1-3H3. The van der Waals surface area contributed by atoms with Crippen LogP contribution in [-0.2, 0) is 6.54 Å². The summed E-state index contributed by atoms with van der Waals surface area (Å²) < 4.78 is 7.03. The van der Waals surface area contributed by atoms with Gasteiger partial charge in [-0.15, -0.1) is 0 Å². The minimum absolute atomic E-state index is 0.656. The molecule has 0 atom stereocenters. The van der Waals surface area contributed by atoms with Gasteiger partial charge in [0.2, 0.25) is 0 Å². The van der Waals surface area contributed by atoms with E-state index in [0.717, 1.165) is 30.2 Å². The van der Waals surface area contributed by atoms with Gasteiger partial charge in [-0.1, -0.05) is 13.8 Å². The largest absolute Gasteiger partial charge is 0.497 e. The molecule has 0 spiro atoms. The maximum absolute atomic E-state index is 5.15. The van der Waals surface area contributed by atoms with E-state index >= 15 is 0 Å². The number of benzene rings is 1. The molecule has 0 aliphatic heterocycles. The molecule has 0 bridgehead atoms. The van der Waals surface area contributed by atoms with Crippen LogP contribution in [0.3, 0.4) is 0 Å². The number of aromatic nitrogens is 2. The smallest absolute Gasteiger partial charge is 0.119 e. The molecule has 1 aromatic heterocycles. The van der Waals surface area contributed by atoms with Crippen LogP contribution < -0.4 is 10.1 Å². The van der Waals surface area contributed by atoms with Crippen LogP contribution in [0, 0.1) is 5.92 Å². The van der Waals surface area contributed by atoms with Crippen molar-refractivity contribution in [3.8, 4) is 11.4 Å². The normalized spacial score (nSPS) is 10.9. The Morgan fingerprint density at radius 1 is 1.21 bits per heavy atom. The molecule has 2 aromatic rings. The number of hydrogen-bond donors (Lipinski definition) is 1. The monoisotopic (exact) mass is 259 g/mol. The van der Waals surface area contributed by atoms with Crippen LogP contribution in [0.1, 0.15) is 19.5 Å². The zero-order valence-electron chi connectivity index (χ0n) is 11.8. The van der Waals surface area contributed by atoms with Crippen LogP contribution in [-0.4, -0.2) is 23.4 Å². The third-order valence-corrected chi connectivity index (χ3v) is 2.84. The Bertz CT molecular complexity index is 502. The lowest BCUT2D eigenvalue weighted by molar-refractivity contribution is 0.414. The summed E-state index contributed by atoms with van der Waals surface area (Å²) in [5.41, 5.74) is 2.09. The van der Waals surface area contributed by atoms with Crippen LogP contribution >= 0.6 is 0 Å². The van der Waals surface area contributed by atoms with Crippen molar-refractivity contribution in [1.29, 1.82) is 0 Å². The second kappa shape index (κ2) is 6.38. The molecule has 0 aliphatic carbocycles. The van der Waals surface area contributed by atoms with Gasteiger partial charge < -0.3 is 10.1 Å². The Morgan fingerprint density at radius 2 is 1.95 bits per heavy atom. The lowest BCUT2D eigenvalue weighted by Gasteiger charge is -2.05. The molecule has 0 unspecified atom stereocenters. The Morgan fingerprint density at radius 3 is 2.58 bits per heavy atom. The first-order chi connectivity index (χ1) is 9.19. The third-order valence-electron chi connectivity index (χ3n) is 2.84. The average molecular weight is 259 g/mol. The molecule has 0 aliphatic rings. The predicted octanol–water partition coefficient (Wildman–Crippen LogP) is 2.63. The topological polar surface area (TPSA) is 39.1 Å². The summed E-state index contributed by atoms with van der Waals surface area (Å²) >= 11 is 0. The fourth-order valence-corrected chi connectivity index (χ4v) is 1.82. The van der Waals surface area contributed by atoms with Crippen molar-refractivity contribution in [2.75, 3.05) is 13.7 Å². The Kier molecular flexibility index (Phi) is 4.58. The van der Waals surface area contributed by atoms with E-state index in [0.29, 0.717) is 5.92 Å². The summed E-state index contributed by atoms with van der Waals surface area (Å²) in [5.74, 6) is 1.51. The molecule has 0 saturated carbocycles. The van der Waals surface area contributed by atoms with Crippen LogP contribution in [0.15, 0.2) is 36.5 Å². The summed E-state index contributed by atoms with van der Waals surface area (Å²) in [6.45, 7) is 6.21. The van der Waals surface area contributed by atoms with Crippen molar-refractivity contribution in [3.63, 3.8) is 0 Å². The lowest BCUT2D eigenvalue weighted by Crippen LogP contribution is -2.19. The highest BCUT2D eigenvalue weighted by Gasteiger charge is 2.02. The second-order valence-corrected chi connectivity index (χ2v) is 4.97. The van der Waals surface area contributed by atoms with Gasteiger partial charge in [-0.25, -0.2) is 4.68 Å². The van der Waals surface area contributed by atoms with E-state index in [9.17, 15) is 0 Å². The number of ether oxygens (including phenoxy) is 1. The highest BCUT2D eigenvalue weighted by Crippen LogP contribution is 2.14. The SMILES string of the molecule is COc1ccc(-n2ccc(CNCC(C)C)n2)cc1. The van der Waals surface area contributed by atoms with E-state index in [2.05, 4.69) is 24.3 Å². The summed E-state index contributed by atoms with van der Waals surface area (Å²) in [4.78, 5) is 0. The summed E-state index contributed by atoms with van der Waals surface area (Å²) in [6.07, 6.45) is 1.98. The van der Waals surface area contributed by atoms with Gasteiger partial charge in [-0.05, 0) is 42.8 Å². The van der Waals surface area contributed by atoms with E-state index < -0.39 is 0 Å². The van der Waals surface area contributed by atoms with Crippen LogP contribution in [0.4, 0.5) is 0 Å². The fourth-order valence-electron chi connectivity index (χ4n) is 1.82. The number of hydrogen-bond acceptors (Lipinski definition) is 3. The molecule has 1 heterocycles. The van der Waals surface area contributed by atoms with Crippen LogP contribution in [0.5, 0.6) is 5.75 Å². The van der Waals surface area contributed by atoms with Gasteiger partial charge in [0.25, 0.3) is 0 Å². The molecular weight excluding hydrogens is 238 g/mol. The zero-order valence-corrected chi connectivity index (χ0v) is 11.8. The molecule has 19 heavy (non-hydrogen) atoms. The van der Waals surface area contributed by atoms with Crippen molar-refractivity contribution < 1.29 is 4.74 Å². The van der Waals surface area contributed by atoms with Gasteiger partial charge in [0, 0.05) is 12.7 Å². The lowest BCUT2D eigenvalue weighted by atomic mass is 10.2. The van der Waals surface area contributed by atoms with E-state index in [4.69, 9.17) is 4.74 Å². The minimum Gasteiger partial charge on any atom is -0.497 e. The number of rotatable bonds is 6. The summed E-state index contributed by atoms with van der Waals surface area (Å²) in [7, 11) is 1.67. The van der Waals surface area contributed by atoms with Gasteiger partial charge >= 0.3 is 0 Å². The molecule has 4 heteroatoms. The predicted molar refractivity (Wildman–Crippen MR) is 76.7 cm³/mol. The molecule has 1 aromatic carbocycles. The molecule has 102 valence electrons. The van der Waals surface area contributed by atoms with Gasteiger partial charge in [0.05, 0.1) is 18.5 Å². The molecule has 0 fully saturated rings. The van der Waals surface area contributed by atoms with Crippen molar-refractivity contribution in [2.45, 2.75) is 20.4 Å². The molecule has 0 saturated heterocycles. The fraction of sp³-hybridized carbons (Fsp3) is 0.400. The zero-order chi connectivity index (χ0) is 13.7. The molecule has 1 N–H and O–H groups in total. The van der Waals surface area contributed by atoms with E-state index in [-0.39, 0.29) is 0 Å². The van der Waals surface area contributed by atoms with Crippen molar-refractivity contribution >= 4 is 0 Å². The highest BCUT2D eigenvalue weighted by molar-refractivity contribution is 5.36. The molecule has 0 amide bonds. The van der Waals surface area contributed by atoms with Crippen molar-refractivity contribution in [3.05, 3.63) is 42.2 Å². The van der Waals surface area contributed by atoms with Crippen molar-refractivity contribution in [2.24, 2.45) is 5.92 Å². The molecule has 2 rings (SSSR count). The first-order valence-electron chi connectivity index (χ1n) is 6.58. The van der Waals surface area contributed by atoms with E-state index in [1.54, 1.807) is 7.11 Å². The summed E-state index contributed by atoms with van der Waals surface area (Å²) in [5, 5.41) is 7.93. The number of methoxy groups -OCH3 is 1. The number of nitrogens with one attached hydrogen (secondary N) is 1. The third kappa shape index (κ3) is 3.83. The maximum Gasteiger partial charge on any atom is 0.119 e. The molecule has 0 radical (unpaired) electrons. The second-order valence-electron chi connectivity index (χ2n) is 4.97. The Labute approximate surface area is 114 Å². The minimum atomic E-state index is 0.656. The van der Waals surface area contributed by atoms with Gasteiger partial charge in [-0.3, -0.25) is 0 Å². The molecule has 4 nitrogen and oxygen atoms in total. The quantitative estimate of drug-likeness (QED) is 0.866. The summed E-state index contributed by atoms with van der Waals surface area (Å²) in [6, 6.07) is 9.91. The first-order valence-corrected chi connectivity index (χ1v) is 6.58. The van der Waals surface area contributed by atoms with Crippen LogP contribution in [0.2, 0.25) is 0 Å². The Hall–Kier alpha value is -1.81. The van der Waals surface area contributed by atoms with Gasteiger partial charge in [0.1, 0.15) is 5.75 Å². The van der Waals surface area contributed by atoms with Gasteiger partial charge in [-0.2, -0.15) is 5.10 Å². The maximum atomic E-state index is 5.15. The van der Waals surface area contributed by atoms with Crippen molar-refractivity contribution in [1.82, 2.24) is 15.1 Å². The first kappa shape index (κ1) is 13.6. The highest BCUT2D eigenvalue weighted by atomic mass is 16.5.